The van der Waals surface area contributed by atoms with Crippen molar-refractivity contribution in [2.45, 2.75) is 6.92 Å². The number of thiophene rings is 1. The van der Waals surface area contributed by atoms with Crippen LogP contribution in [0.2, 0.25) is 10.2 Å². The van der Waals surface area contributed by atoms with E-state index in [9.17, 15) is 0 Å². The summed E-state index contributed by atoms with van der Waals surface area (Å²) in [5, 5.41) is 3.98. The Morgan fingerprint density at radius 1 is 1.14 bits per heavy atom. The van der Waals surface area contributed by atoms with Crippen LogP contribution < -0.4 is 4.90 Å². The molecule has 0 unspecified atom stereocenters. The number of rotatable bonds is 2. The summed E-state index contributed by atoms with van der Waals surface area (Å²) in [5.74, 6) is 0.577. The molecule has 3 rings (SSSR count). The number of hydrogen-bond acceptors (Lipinski definition) is 4. The van der Waals surface area contributed by atoms with Crippen LogP contribution in [-0.4, -0.2) is 24.1 Å². The molecule has 108 valence electrons. The topological polar surface area (TPSA) is 29.0 Å². The van der Waals surface area contributed by atoms with Gasteiger partial charge in [-0.15, -0.1) is 11.3 Å². The molecule has 0 atom stereocenters. The molecular weight excluding hydrogens is 325 g/mol. The molecular formula is C15H13Cl2N3S. The predicted molar refractivity (Wildman–Crippen MR) is 91.9 cm³/mol. The first-order valence-electron chi connectivity index (χ1n) is 6.36. The molecule has 2 heterocycles. The molecule has 0 saturated heterocycles. The third kappa shape index (κ3) is 2.59. The number of aryl methyl sites for hydroxylation is 1. The highest BCUT2D eigenvalue weighted by molar-refractivity contribution is 7.14. The average Bonchev–Trinajstić information content (AvgIpc) is 2.78. The zero-order valence-electron chi connectivity index (χ0n) is 11.8. The normalized spacial score (nSPS) is 11.1. The van der Waals surface area contributed by atoms with Gasteiger partial charge in [0, 0.05) is 25.2 Å². The Labute approximate surface area is 137 Å². The SMILES string of the molecule is Cc1csc(-c2nc(Cl)c3cc(N(C)C)ccc3n2)c1Cl. The number of nitrogens with zero attached hydrogens (tertiary/aromatic N) is 3. The number of fused-ring (bicyclic) bond motifs is 1. The minimum Gasteiger partial charge on any atom is -0.378 e. The molecule has 6 heteroatoms. The van der Waals surface area contributed by atoms with E-state index in [2.05, 4.69) is 9.97 Å². The van der Waals surface area contributed by atoms with E-state index in [0.29, 0.717) is 16.0 Å². The maximum atomic E-state index is 6.34. The molecule has 0 fully saturated rings. The van der Waals surface area contributed by atoms with Gasteiger partial charge in [-0.25, -0.2) is 9.97 Å². The van der Waals surface area contributed by atoms with Crippen molar-refractivity contribution >= 4 is 51.1 Å². The predicted octanol–water partition coefficient (Wildman–Crippen LogP) is 5.04. The van der Waals surface area contributed by atoms with Crippen molar-refractivity contribution in [2.75, 3.05) is 19.0 Å². The van der Waals surface area contributed by atoms with E-state index in [1.54, 1.807) is 0 Å². The van der Waals surface area contributed by atoms with Gasteiger partial charge in [-0.3, -0.25) is 0 Å². The number of anilines is 1. The molecule has 0 aliphatic heterocycles. The van der Waals surface area contributed by atoms with Crippen molar-refractivity contribution in [3.8, 4) is 10.7 Å². The fraction of sp³-hybridized carbons (Fsp3) is 0.200. The maximum Gasteiger partial charge on any atom is 0.173 e. The lowest BCUT2D eigenvalue weighted by atomic mass is 10.2. The molecule has 3 nitrogen and oxygen atoms in total. The average molecular weight is 338 g/mol. The second-order valence-electron chi connectivity index (χ2n) is 5.00. The van der Waals surface area contributed by atoms with Crippen LogP contribution in [0.25, 0.3) is 21.6 Å². The van der Waals surface area contributed by atoms with E-state index in [0.717, 1.165) is 27.0 Å². The maximum absolute atomic E-state index is 6.34. The van der Waals surface area contributed by atoms with E-state index >= 15 is 0 Å². The first kappa shape index (κ1) is 14.6. The number of halogens is 2. The quantitative estimate of drug-likeness (QED) is 0.613. The molecule has 21 heavy (non-hydrogen) atoms. The van der Waals surface area contributed by atoms with Crippen LogP contribution in [0, 0.1) is 6.92 Å². The zero-order valence-corrected chi connectivity index (χ0v) is 14.1. The summed E-state index contributed by atoms with van der Waals surface area (Å²) in [7, 11) is 3.97. The van der Waals surface area contributed by atoms with E-state index in [1.807, 2.05) is 49.5 Å². The van der Waals surface area contributed by atoms with E-state index in [-0.39, 0.29) is 0 Å². The highest BCUT2D eigenvalue weighted by Crippen LogP contribution is 2.36. The van der Waals surface area contributed by atoms with Crippen LogP contribution in [0.3, 0.4) is 0 Å². The van der Waals surface area contributed by atoms with Crippen molar-refractivity contribution < 1.29 is 0 Å². The second kappa shape index (κ2) is 5.44. The first-order chi connectivity index (χ1) is 9.97. The van der Waals surface area contributed by atoms with Crippen molar-refractivity contribution in [3.63, 3.8) is 0 Å². The highest BCUT2D eigenvalue weighted by atomic mass is 35.5. The molecule has 3 aromatic rings. The van der Waals surface area contributed by atoms with E-state index in [4.69, 9.17) is 23.2 Å². The van der Waals surface area contributed by atoms with Crippen LogP contribution in [0.1, 0.15) is 5.56 Å². The largest absolute Gasteiger partial charge is 0.378 e. The molecule has 0 radical (unpaired) electrons. The number of aromatic nitrogens is 2. The summed E-state index contributed by atoms with van der Waals surface area (Å²) < 4.78 is 0. The summed E-state index contributed by atoms with van der Waals surface area (Å²) in [6.07, 6.45) is 0. The van der Waals surface area contributed by atoms with Crippen molar-refractivity contribution in [2.24, 2.45) is 0 Å². The van der Waals surface area contributed by atoms with Gasteiger partial charge >= 0.3 is 0 Å². The van der Waals surface area contributed by atoms with Gasteiger partial charge in [-0.05, 0) is 36.1 Å². The Balaban J connectivity index is 2.20. The third-order valence-electron chi connectivity index (χ3n) is 3.25. The lowest BCUT2D eigenvalue weighted by Gasteiger charge is -2.13. The van der Waals surface area contributed by atoms with Crippen LogP contribution >= 0.6 is 34.5 Å². The molecule has 0 aliphatic carbocycles. The Bertz CT molecular complexity index is 827. The molecule has 0 saturated carbocycles. The Morgan fingerprint density at radius 2 is 1.90 bits per heavy atom. The van der Waals surface area contributed by atoms with Crippen LogP contribution in [-0.2, 0) is 0 Å². The van der Waals surface area contributed by atoms with Gasteiger partial charge < -0.3 is 4.90 Å². The summed E-state index contributed by atoms with van der Waals surface area (Å²) in [6, 6.07) is 5.95. The van der Waals surface area contributed by atoms with Crippen LogP contribution in [0.15, 0.2) is 23.6 Å². The minimum atomic E-state index is 0.445. The summed E-state index contributed by atoms with van der Waals surface area (Å²) in [6.45, 7) is 1.97. The van der Waals surface area contributed by atoms with Crippen LogP contribution in [0.4, 0.5) is 5.69 Å². The van der Waals surface area contributed by atoms with Gasteiger partial charge in [0.2, 0.25) is 0 Å². The molecule has 1 aromatic carbocycles. The van der Waals surface area contributed by atoms with Crippen LogP contribution in [0.5, 0.6) is 0 Å². The van der Waals surface area contributed by atoms with E-state index < -0.39 is 0 Å². The smallest absolute Gasteiger partial charge is 0.173 e. The fourth-order valence-electron chi connectivity index (χ4n) is 2.04. The molecule has 0 N–H and O–H groups in total. The van der Waals surface area contributed by atoms with Crippen molar-refractivity contribution in [1.82, 2.24) is 9.97 Å². The fourth-order valence-corrected chi connectivity index (χ4v) is 3.48. The van der Waals surface area contributed by atoms with Gasteiger partial charge in [-0.2, -0.15) is 0 Å². The van der Waals surface area contributed by atoms with Gasteiger partial charge in [0.15, 0.2) is 5.82 Å². The highest BCUT2D eigenvalue weighted by Gasteiger charge is 2.14. The standard InChI is InChI=1S/C15H13Cl2N3S/c1-8-7-21-13(12(8)16)15-18-11-5-4-9(20(2)3)6-10(11)14(17)19-15/h4-7H,1-3H3. The Hall–Kier alpha value is -1.36. The zero-order chi connectivity index (χ0) is 15.1. The minimum absolute atomic E-state index is 0.445. The van der Waals surface area contributed by atoms with Gasteiger partial charge in [-0.1, -0.05) is 23.2 Å². The molecule has 2 aromatic heterocycles. The van der Waals surface area contributed by atoms with Gasteiger partial charge in [0.25, 0.3) is 0 Å². The molecule has 0 amide bonds. The summed E-state index contributed by atoms with van der Waals surface area (Å²) in [5.41, 5.74) is 2.91. The second-order valence-corrected chi connectivity index (χ2v) is 6.61. The molecule has 0 aliphatic rings. The van der Waals surface area contributed by atoms with Gasteiger partial charge in [0.1, 0.15) is 5.15 Å². The van der Waals surface area contributed by atoms with Crippen molar-refractivity contribution in [1.29, 1.82) is 0 Å². The van der Waals surface area contributed by atoms with Gasteiger partial charge in [0.05, 0.1) is 15.4 Å². The number of hydrogen-bond donors (Lipinski definition) is 0. The lowest BCUT2D eigenvalue weighted by molar-refractivity contribution is 1.13. The Kier molecular flexibility index (Phi) is 3.78. The first-order valence-corrected chi connectivity index (χ1v) is 7.99. The lowest BCUT2D eigenvalue weighted by Crippen LogP contribution is -2.08. The number of benzene rings is 1. The van der Waals surface area contributed by atoms with E-state index in [1.165, 1.54) is 11.3 Å². The van der Waals surface area contributed by atoms with Crippen molar-refractivity contribution in [3.05, 3.63) is 39.3 Å². The molecule has 0 bridgehead atoms. The summed E-state index contributed by atoms with van der Waals surface area (Å²) in [4.78, 5) is 11.9. The molecule has 0 spiro atoms. The third-order valence-corrected chi connectivity index (χ3v) is 5.23. The Morgan fingerprint density at radius 3 is 2.52 bits per heavy atom. The monoisotopic (exact) mass is 337 g/mol. The summed E-state index contributed by atoms with van der Waals surface area (Å²) >= 11 is 14.2.